The first kappa shape index (κ1) is 15.4. The second-order valence-corrected chi connectivity index (χ2v) is 7.74. The molecule has 6 nitrogen and oxygen atoms in total. The molecule has 120 valence electrons. The van der Waals surface area contributed by atoms with Crippen molar-refractivity contribution in [3.8, 4) is 0 Å². The molecule has 3 amide bonds. The van der Waals surface area contributed by atoms with Crippen molar-refractivity contribution in [2.75, 3.05) is 20.1 Å². The third kappa shape index (κ3) is 2.63. The fraction of sp³-hybridized carbons (Fsp3) is 0.667. The van der Waals surface area contributed by atoms with Gasteiger partial charge in [0.2, 0.25) is 0 Å². The average molecular weight is 322 g/mol. The molecule has 1 aromatic rings. The van der Waals surface area contributed by atoms with Crippen molar-refractivity contribution in [1.82, 2.24) is 20.1 Å². The molecule has 2 aliphatic rings. The van der Waals surface area contributed by atoms with Crippen LogP contribution in [0.4, 0.5) is 4.79 Å². The third-order valence-electron chi connectivity index (χ3n) is 4.79. The van der Waals surface area contributed by atoms with Gasteiger partial charge in [-0.25, -0.2) is 9.78 Å². The van der Waals surface area contributed by atoms with Gasteiger partial charge in [0, 0.05) is 37.1 Å². The molecule has 2 atom stereocenters. The molecule has 0 unspecified atom stereocenters. The van der Waals surface area contributed by atoms with Crippen LogP contribution in [-0.2, 0) is 11.3 Å². The predicted molar refractivity (Wildman–Crippen MR) is 84.6 cm³/mol. The smallest absolute Gasteiger partial charge is 0.323 e. The number of likely N-dealkylation sites (N-methyl/N-ethyl adjacent to an activating group) is 1. The van der Waals surface area contributed by atoms with Crippen LogP contribution in [0.2, 0.25) is 0 Å². The third-order valence-corrected chi connectivity index (χ3v) is 5.69. The largest absolute Gasteiger partial charge is 0.324 e. The highest BCUT2D eigenvalue weighted by atomic mass is 32.1. The van der Waals surface area contributed by atoms with Gasteiger partial charge in [-0.15, -0.1) is 11.3 Å². The summed E-state index contributed by atoms with van der Waals surface area (Å²) in [6.07, 6.45) is 3.95. The molecule has 0 aromatic carbocycles. The van der Waals surface area contributed by atoms with Gasteiger partial charge in [-0.1, -0.05) is 0 Å². The predicted octanol–water partition coefficient (Wildman–Crippen LogP) is 1.60. The maximum Gasteiger partial charge on any atom is 0.324 e. The molecule has 2 aliphatic heterocycles. The first-order chi connectivity index (χ1) is 10.4. The number of carbonyl (C=O) groups is 2. The molecular weight excluding hydrogens is 300 g/mol. The lowest BCUT2D eigenvalue weighted by Gasteiger charge is -2.39. The second-order valence-electron chi connectivity index (χ2n) is 6.42. The molecule has 0 spiro atoms. The van der Waals surface area contributed by atoms with Crippen LogP contribution in [0.1, 0.15) is 29.7 Å². The highest BCUT2D eigenvalue weighted by Gasteiger charge is 2.51. The number of carbonyl (C=O) groups excluding carboxylic acids is 2. The van der Waals surface area contributed by atoms with E-state index in [0.717, 1.165) is 37.5 Å². The number of aromatic nitrogens is 1. The van der Waals surface area contributed by atoms with E-state index in [9.17, 15) is 9.59 Å². The molecule has 2 saturated heterocycles. The Hall–Kier alpha value is -1.47. The van der Waals surface area contributed by atoms with Crippen LogP contribution < -0.4 is 5.32 Å². The SMILES string of the molecule is Cc1ncc(CN2CCC[C@H]([C@]3(C)NC(=O)N(C)C3=O)C2)s1. The number of nitrogens with zero attached hydrogens (tertiary/aromatic N) is 3. The average Bonchev–Trinajstić information content (AvgIpc) is 2.98. The number of hydrogen-bond acceptors (Lipinski definition) is 5. The van der Waals surface area contributed by atoms with Crippen molar-refractivity contribution in [3.05, 3.63) is 16.1 Å². The number of nitrogens with one attached hydrogen (secondary N) is 1. The lowest BCUT2D eigenvalue weighted by molar-refractivity contribution is -0.132. The van der Waals surface area contributed by atoms with Crippen molar-refractivity contribution in [2.24, 2.45) is 5.92 Å². The Bertz CT molecular complexity index is 602. The Labute approximate surface area is 134 Å². The first-order valence-corrected chi connectivity index (χ1v) is 8.46. The Kier molecular flexibility index (Phi) is 3.94. The van der Waals surface area contributed by atoms with Crippen molar-refractivity contribution < 1.29 is 9.59 Å². The van der Waals surface area contributed by atoms with Crippen LogP contribution in [0.25, 0.3) is 0 Å². The second kappa shape index (κ2) is 5.62. The Balaban J connectivity index is 1.70. The summed E-state index contributed by atoms with van der Waals surface area (Å²) < 4.78 is 0. The van der Waals surface area contributed by atoms with Gasteiger partial charge >= 0.3 is 6.03 Å². The highest BCUT2D eigenvalue weighted by Crippen LogP contribution is 2.32. The molecule has 2 fully saturated rings. The highest BCUT2D eigenvalue weighted by molar-refractivity contribution is 7.11. The lowest BCUT2D eigenvalue weighted by atomic mass is 9.80. The van der Waals surface area contributed by atoms with Gasteiger partial charge in [0.15, 0.2) is 0 Å². The molecule has 22 heavy (non-hydrogen) atoms. The zero-order valence-corrected chi connectivity index (χ0v) is 14.1. The lowest BCUT2D eigenvalue weighted by Crippen LogP contribution is -2.55. The number of amides is 3. The Morgan fingerprint density at radius 3 is 2.86 bits per heavy atom. The van der Waals surface area contributed by atoms with Crippen LogP contribution in [-0.4, -0.2) is 52.4 Å². The summed E-state index contributed by atoms with van der Waals surface area (Å²) in [5, 5.41) is 3.97. The molecule has 7 heteroatoms. The van der Waals surface area contributed by atoms with Gasteiger partial charge in [0.1, 0.15) is 5.54 Å². The number of piperidine rings is 1. The topological polar surface area (TPSA) is 65.5 Å². The normalized spacial score (nSPS) is 30.0. The summed E-state index contributed by atoms with van der Waals surface area (Å²) in [6.45, 7) is 6.60. The number of urea groups is 1. The molecule has 3 heterocycles. The van der Waals surface area contributed by atoms with Crippen LogP contribution >= 0.6 is 11.3 Å². The van der Waals surface area contributed by atoms with E-state index in [0.29, 0.717) is 0 Å². The molecule has 1 aromatic heterocycles. The summed E-state index contributed by atoms with van der Waals surface area (Å²) in [4.78, 5) is 33.3. The molecule has 0 radical (unpaired) electrons. The van der Waals surface area contributed by atoms with E-state index >= 15 is 0 Å². The van der Waals surface area contributed by atoms with E-state index in [1.54, 1.807) is 18.4 Å². The number of hydrogen-bond donors (Lipinski definition) is 1. The zero-order chi connectivity index (χ0) is 15.9. The molecule has 0 bridgehead atoms. The van der Waals surface area contributed by atoms with Gasteiger partial charge in [-0.2, -0.15) is 0 Å². The van der Waals surface area contributed by atoms with E-state index in [4.69, 9.17) is 0 Å². The van der Waals surface area contributed by atoms with Crippen LogP contribution in [0.5, 0.6) is 0 Å². The summed E-state index contributed by atoms with van der Waals surface area (Å²) in [5.41, 5.74) is -0.770. The Morgan fingerprint density at radius 1 is 1.50 bits per heavy atom. The van der Waals surface area contributed by atoms with Crippen molar-refractivity contribution in [2.45, 2.75) is 38.8 Å². The maximum absolute atomic E-state index is 12.4. The van der Waals surface area contributed by atoms with Crippen molar-refractivity contribution >= 4 is 23.3 Å². The van der Waals surface area contributed by atoms with Crippen LogP contribution in [0, 0.1) is 12.8 Å². The van der Waals surface area contributed by atoms with Gasteiger partial charge < -0.3 is 5.32 Å². The fourth-order valence-corrected chi connectivity index (χ4v) is 4.28. The fourth-order valence-electron chi connectivity index (χ4n) is 3.45. The van der Waals surface area contributed by atoms with Crippen molar-refractivity contribution in [1.29, 1.82) is 0 Å². The quantitative estimate of drug-likeness (QED) is 0.859. The molecular formula is C15H22N4O2S. The van der Waals surface area contributed by atoms with Gasteiger partial charge in [0.25, 0.3) is 5.91 Å². The molecule has 1 N–H and O–H groups in total. The minimum absolute atomic E-state index is 0.113. The van der Waals surface area contributed by atoms with E-state index < -0.39 is 5.54 Å². The standard InChI is InChI=1S/C15H22N4O2S/c1-10-16-7-12(22-10)9-19-6-4-5-11(8-19)15(2)13(20)18(3)14(21)17-15/h7,11H,4-6,8-9H2,1-3H3,(H,17,21)/t11-,15-/m0/s1. The number of likely N-dealkylation sites (tertiary alicyclic amines) is 1. The van der Waals surface area contributed by atoms with E-state index in [2.05, 4.69) is 15.2 Å². The van der Waals surface area contributed by atoms with Gasteiger partial charge in [-0.05, 0) is 33.2 Å². The Morgan fingerprint density at radius 2 is 2.27 bits per heavy atom. The van der Waals surface area contributed by atoms with Crippen LogP contribution in [0.15, 0.2) is 6.20 Å². The summed E-state index contributed by atoms with van der Waals surface area (Å²) in [6, 6.07) is -0.289. The summed E-state index contributed by atoms with van der Waals surface area (Å²) in [7, 11) is 1.55. The monoisotopic (exact) mass is 322 g/mol. The summed E-state index contributed by atoms with van der Waals surface area (Å²) >= 11 is 1.72. The number of imide groups is 1. The van der Waals surface area contributed by atoms with Crippen molar-refractivity contribution in [3.63, 3.8) is 0 Å². The maximum atomic E-state index is 12.4. The molecule has 0 aliphatic carbocycles. The van der Waals surface area contributed by atoms with Crippen LogP contribution in [0.3, 0.4) is 0 Å². The zero-order valence-electron chi connectivity index (χ0n) is 13.3. The van der Waals surface area contributed by atoms with E-state index in [1.165, 1.54) is 9.78 Å². The number of rotatable bonds is 3. The van der Waals surface area contributed by atoms with Gasteiger partial charge in [-0.3, -0.25) is 14.6 Å². The van der Waals surface area contributed by atoms with E-state index in [1.807, 2.05) is 20.0 Å². The minimum Gasteiger partial charge on any atom is -0.323 e. The summed E-state index contributed by atoms with van der Waals surface area (Å²) in [5.74, 6) is 0.0367. The number of aryl methyl sites for hydroxylation is 1. The van der Waals surface area contributed by atoms with Gasteiger partial charge in [0.05, 0.1) is 5.01 Å². The number of thiazole rings is 1. The molecule has 0 saturated carbocycles. The minimum atomic E-state index is -0.770. The molecule has 3 rings (SSSR count). The van der Waals surface area contributed by atoms with E-state index in [-0.39, 0.29) is 17.9 Å². The first-order valence-electron chi connectivity index (χ1n) is 7.64.